The lowest BCUT2D eigenvalue weighted by Crippen LogP contribution is -2.43. The molecular formula is C25H19N3O3. The number of benzene rings is 3. The first-order chi connectivity index (χ1) is 15.1. The first kappa shape index (κ1) is 18.0. The van der Waals surface area contributed by atoms with Gasteiger partial charge in [-0.1, -0.05) is 54.6 Å². The standard InChI is InChI=1S/C25H19N3O3/c1-14(29)22-20-21(23-19-9-5-4-8-17(19)13-26-28(22)23)25(31)27(24(20)30)18-11-10-15-6-2-3-7-16(15)12-18/h2-13,20-23H,1H3/t20-,21+,22-,23-/m0/s1. The Labute approximate surface area is 178 Å². The lowest BCUT2D eigenvalue weighted by Gasteiger charge is -2.33. The van der Waals surface area contributed by atoms with Gasteiger partial charge in [0.15, 0.2) is 5.78 Å². The van der Waals surface area contributed by atoms with E-state index in [1.54, 1.807) is 17.3 Å². The van der Waals surface area contributed by atoms with Crippen molar-refractivity contribution in [1.29, 1.82) is 0 Å². The zero-order valence-electron chi connectivity index (χ0n) is 16.8. The average molecular weight is 409 g/mol. The van der Waals surface area contributed by atoms with Crippen molar-refractivity contribution < 1.29 is 14.4 Å². The quantitative estimate of drug-likeness (QED) is 0.609. The Hall–Kier alpha value is -3.80. The summed E-state index contributed by atoms with van der Waals surface area (Å²) in [6.07, 6.45) is 1.71. The molecule has 0 N–H and O–H groups in total. The number of hydrazone groups is 1. The van der Waals surface area contributed by atoms with Gasteiger partial charge in [0.25, 0.3) is 0 Å². The molecule has 6 rings (SSSR count). The summed E-state index contributed by atoms with van der Waals surface area (Å²) < 4.78 is 0. The molecule has 0 unspecified atom stereocenters. The summed E-state index contributed by atoms with van der Waals surface area (Å²) in [6.45, 7) is 1.47. The summed E-state index contributed by atoms with van der Waals surface area (Å²) >= 11 is 0. The molecule has 152 valence electrons. The molecule has 3 aromatic rings. The van der Waals surface area contributed by atoms with Gasteiger partial charge in [-0.05, 0) is 41.0 Å². The topological polar surface area (TPSA) is 70.0 Å². The van der Waals surface area contributed by atoms with Crippen LogP contribution < -0.4 is 4.90 Å². The van der Waals surface area contributed by atoms with Crippen molar-refractivity contribution in [1.82, 2.24) is 5.01 Å². The molecule has 0 aliphatic carbocycles. The molecule has 6 heteroatoms. The zero-order chi connectivity index (χ0) is 21.3. The van der Waals surface area contributed by atoms with Crippen LogP contribution in [0.3, 0.4) is 0 Å². The van der Waals surface area contributed by atoms with E-state index in [1.807, 2.05) is 60.7 Å². The number of carbonyl (C=O) groups is 3. The van der Waals surface area contributed by atoms with Gasteiger partial charge >= 0.3 is 0 Å². The Morgan fingerprint density at radius 3 is 2.39 bits per heavy atom. The smallest absolute Gasteiger partial charge is 0.240 e. The van der Waals surface area contributed by atoms with Crippen LogP contribution in [0.15, 0.2) is 71.8 Å². The van der Waals surface area contributed by atoms with Crippen molar-refractivity contribution in [3.8, 4) is 0 Å². The molecule has 0 radical (unpaired) electrons. The number of Topliss-reactive ketones (excluding diaryl/α,β-unsaturated/α-hetero) is 1. The van der Waals surface area contributed by atoms with E-state index >= 15 is 0 Å². The molecule has 0 saturated carbocycles. The first-order valence-electron chi connectivity index (χ1n) is 10.3. The van der Waals surface area contributed by atoms with Crippen LogP contribution in [-0.2, 0) is 14.4 Å². The Kier molecular flexibility index (Phi) is 3.69. The average Bonchev–Trinajstić information content (AvgIpc) is 3.26. The molecule has 3 aliphatic rings. The zero-order valence-corrected chi connectivity index (χ0v) is 16.8. The minimum Gasteiger partial charge on any atom is -0.298 e. The largest absolute Gasteiger partial charge is 0.298 e. The molecule has 0 spiro atoms. The van der Waals surface area contributed by atoms with Crippen LogP contribution in [0.4, 0.5) is 5.69 Å². The number of carbonyl (C=O) groups excluding carboxylic acids is 3. The molecule has 3 aromatic carbocycles. The minimum atomic E-state index is -0.749. The van der Waals surface area contributed by atoms with E-state index in [-0.39, 0.29) is 17.6 Å². The van der Waals surface area contributed by atoms with Crippen molar-refractivity contribution in [2.45, 2.75) is 19.0 Å². The van der Waals surface area contributed by atoms with Crippen molar-refractivity contribution in [2.75, 3.05) is 4.90 Å². The van der Waals surface area contributed by atoms with Crippen LogP contribution in [-0.4, -0.2) is 34.9 Å². The third-order valence-electron chi connectivity index (χ3n) is 6.70. The van der Waals surface area contributed by atoms with Gasteiger partial charge in [-0.25, -0.2) is 4.90 Å². The van der Waals surface area contributed by atoms with Crippen molar-refractivity contribution in [2.24, 2.45) is 16.9 Å². The summed E-state index contributed by atoms with van der Waals surface area (Å²) in [4.78, 5) is 41.2. The monoisotopic (exact) mass is 409 g/mol. The number of imide groups is 1. The third-order valence-corrected chi connectivity index (χ3v) is 6.70. The van der Waals surface area contributed by atoms with Crippen LogP contribution in [0.2, 0.25) is 0 Å². The highest BCUT2D eigenvalue weighted by Crippen LogP contribution is 2.52. The van der Waals surface area contributed by atoms with Crippen LogP contribution in [0.5, 0.6) is 0 Å². The maximum atomic E-state index is 13.7. The van der Waals surface area contributed by atoms with E-state index in [2.05, 4.69) is 5.10 Å². The summed E-state index contributed by atoms with van der Waals surface area (Å²) in [7, 11) is 0. The number of ketones is 1. The second kappa shape index (κ2) is 6.35. The third kappa shape index (κ3) is 2.39. The van der Waals surface area contributed by atoms with Crippen LogP contribution in [0.1, 0.15) is 24.1 Å². The lowest BCUT2D eigenvalue weighted by atomic mass is 9.84. The van der Waals surface area contributed by atoms with Gasteiger partial charge in [0, 0.05) is 0 Å². The molecule has 2 fully saturated rings. The molecule has 2 saturated heterocycles. The highest BCUT2D eigenvalue weighted by Gasteiger charge is 2.64. The molecule has 3 aliphatic heterocycles. The van der Waals surface area contributed by atoms with Gasteiger partial charge in [0.2, 0.25) is 11.8 Å². The van der Waals surface area contributed by atoms with Crippen molar-refractivity contribution >= 4 is 40.3 Å². The SMILES string of the molecule is CC(=O)[C@H]1[C@H]2C(=O)N(c3ccc4ccccc4c3)C(=O)[C@H]2[C@@H]2c3ccccc3C=NN12. The van der Waals surface area contributed by atoms with Gasteiger partial charge in [-0.3, -0.25) is 19.4 Å². The number of hydrogen-bond acceptors (Lipinski definition) is 5. The molecule has 2 amide bonds. The van der Waals surface area contributed by atoms with Gasteiger partial charge in [-0.15, -0.1) is 0 Å². The van der Waals surface area contributed by atoms with E-state index in [0.29, 0.717) is 5.69 Å². The summed E-state index contributed by atoms with van der Waals surface area (Å²) in [5.41, 5.74) is 2.39. The number of amides is 2. The molecular weight excluding hydrogens is 390 g/mol. The Morgan fingerprint density at radius 2 is 1.58 bits per heavy atom. The lowest BCUT2D eigenvalue weighted by molar-refractivity contribution is -0.129. The predicted molar refractivity (Wildman–Crippen MR) is 117 cm³/mol. The maximum absolute atomic E-state index is 13.7. The molecule has 6 nitrogen and oxygen atoms in total. The van der Waals surface area contributed by atoms with E-state index < -0.39 is 23.9 Å². The van der Waals surface area contributed by atoms with Crippen molar-refractivity contribution in [3.05, 3.63) is 77.9 Å². The highest BCUT2D eigenvalue weighted by molar-refractivity contribution is 6.24. The minimum absolute atomic E-state index is 0.157. The summed E-state index contributed by atoms with van der Waals surface area (Å²) in [5, 5.41) is 8.15. The number of nitrogens with zero attached hydrogens (tertiary/aromatic N) is 3. The van der Waals surface area contributed by atoms with Crippen LogP contribution in [0, 0.1) is 11.8 Å². The fourth-order valence-corrected chi connectivity index (χ4v) is 5.39. The second-order valence-corrected chi connectivity index (χ2v) is 8.35. The number of hydrogen-bond donors (Lipinski definition) is 0. The predicted octanol–water partition coefficient (Wildman–Crippen LogP) is 3.31. The normalized spacial score (nSPS) is 26.2. The van der Waals surface area contributed by atoms with Crippen LogP contribution >= 0.6 is 0 Å². The fraction of sp³-hybridized carbons (Fsp3) is 0.200. The Morgan fingerprint density at radius 1 is 0.871 bits per heavy atom. The van der Waals surface area contributed by atoms with Crippen molar-refractivity contribution in [3.63, 3.8) is 0 Å². The van der Waals surface area contributed by atoms with E-state index in [9.17, 15) is 14.4 Å². The molecule has 0 aromatic heterocycles. The van der Waals surface area contributed by atoms with Gasteiger partial charge < -0.3 is 0 Å². The first-order valence-corrected chi connectivity index (χ1v) is 10.3. The fourth-order valence-electron chi connectivity index (χ4n) is 5.39. The van der Waals surface area contributed by atoms with Crippen LogP contribution in [0.25, 0.3) is 10.8 Å². The number of fused-ring (bicyclic) bond motifs is 6. The highest BCUT2D eigenvalue weighted by atomic mass is 16.2. The number of anilines is 1. The van der Waals surface area contributed by atoms with Gasteiger partial charge in [-0.2, -0.15) is 5.10 Å². The Balaban J connectivity index is 1.49. The Bertz CT molecular complexity index is 1310. The number of rotatable bonds is 2. The maximum Gasteiger partial charge on any atom is 0.240 e. The van der Waals surface area contributed by atoms with Gasteiger partial charge in [0.1, 0.15) is 6.04 Å². The van der Waals surface area contributed by atoms with E-state index in [1.165, 1.54) is 11.8 Å². The van der Waals surface area contributed by atoms with E-state index in [4.69, 9.17) is 0 Å². The molecule has 0 bridgehead atoms. The van der Waals surface area contributed by atoms with E-state index in [0.717, 1.165) is 21.9 Å². The summed E-state index contributed by atoms with van der Waals surface area (Å²) in [5.74, 6) is -2.14. The molecule has 31 heavy (non-hydrogen) atoms. The summed E-state index contributed by atoms with van der Waals surface area (Å²) in [6, 6.07) is 19.9. The molecule has 3 heterocycles. The van der Waals surface area contributed by atoms with Gasteiger partial charge in [0.05, 0.1) is 29.8 Å². The molecule has 4 atom stereocenters. The second-order valence-electron chi connectivity index (χ2n) is 8.35.